The fourth-order valence-corrected chi connectivity index (χ4v) is 1.71. The molecule has 78 valence electrons. The van der Waals surface area contributed by atoms with Gasteiger partial charge in [-0.25, -0.2) is 4.98 Å². The summed E-state index contributed by atoms with van der Waals surface area (Å²) in [5.74, 6) is 0.862. The van der Waals surface area contributed by atoms with Crippen LogP contribution in [0.5, 0.6) is 0 Å². The van der Waals surface area contributed by atoms with E-state index in [1.807, 2.05) is 24.3 Å². The lowest BCUT2D eigenvalue weighted by Gasteiger charge is -2.07. The van der Waals surface area contributed by atoms with Crippen molar-refractivity contribution in [2.24, 2.45) is 7.05 Å². The molecule has 2 aromatic rings. The smallest absolute Gasteiger partial charge is 0.261 e. The minimum absolute atomic E-state index is 0.0454. The summed E-state index contributed by atoms with van der Waals surface area (Å²) < 4.78 is 1.64. The molecule has 0 amide bonds. The van der Waals surface area contributed by atoms with Crippen molar-refractivity contribution in [3.63, 3.8) is 0 Å². The van der Waals surface area contributed by atoms with Gasteiger partial charge in [0.15, 0.2) is 0 Å². The van der Waals surface area contributed by atoms with Crippen molar-refractivity contribution in [3.8, 4) is 0 Å². The van der Waals surface area contributed by atoms with Crippen molar-refractivity contribution in [3.05, 3.63) is 40.4 Å². The van der Waals surface area contributed by atoms with Gasteiger partial charge in [0.1, 0.15) is 5.82 Å². The molecule has 0 saturated carbocycles. The molecule has 0 saturated heterocycles. The quantitative estimate of drug-likeness (QED) is 0.745. The molecule has 15 heavy (non-hydrogen) atoms. The summed E-state index contributed by atoms with van der Waals surface area (Å²) in [4.78, 5) is 16.4. The average Bonchev–Trinajstić information content (AvgIpc) is 2.26. The predicted molar refractivity (Wildman–Crippen MR) is 61.0 cm³/mol. The van der Waals surface area contributed by atoms with E-state index in [4.69, 9.17) is 0 Å². The van der Waals surface area contributed by atoms with Crippen molar-refractivity contribution >= 4 is 10.9 Å². The highest BCUT2D eigenvalue weighted by atomic mass is 16.1. The van der Waals surface area contributed by atoms with E-state index in [9.17, 15) is 4.79 Å². The van der Waals surface area contributed by atoms with E-state index in [1.54, 1.807) is 11.6 Å². The first-order chi connectivity index (χ1) is 7.24. The lowest BCUT2D eigenvalue weighted by Crippen LogP contribution is -2.22. The highest BCUT2D eigenvalue weighted by Gasteiger charge is 2.05. The Morgan fingerprint density at radius 3 is 2.80 bits per heavy atom. The number of hydrogen-bond acceptors (Lipinski definition) is 2. The SMILES string of the molecule is CCCc1nc2ccccc2c(=O)n1C. The van der Waals surface area contributed by atoms with Crippen LogP contribution < -0.4 is 5.56 Å². The molecule has 1 aromatic carbocycles. The van der Waals surface area contributed by atoms with Gasteiger partial charge in [-0.05, 0) is 18.6 Å². The number of nitrogens with zero attached hydrogens (tertiary/aromatic N) is 2. The highest BCUT2D eigenvalue weighted by Crippen LogP contribution is 2.07. The lowest BCUT2D eigenvalue weighted by molar-refractivity contribution is 0.717. The van der Waals surface area contributed by atoms with E-state index in [-0.39, 0.29) is 5.56 Å². The maximum atomic E-state index is 11.9. The summed E-state index contributed by atoms with van der Waals surface area (Å²) in [6.45, 7) is 2.08. The zero-order valence-corrected chi connectivity index (χ0v) is 9.03. The maximum Gasteiger partial charge on any atom is 0.261 e. The molecule has 3 nitrogen and oxygen atoms in total. The zero-order chi connectivity index (χ0) is 10.8. The summed E-state index contributed by atoms with van der Waals surface area (Å²) in [5.41, 5.74) is 0.841. The van der Waals surface area contributed by atoms with E-state index in [2.05, 4.69) is 11.9 Å². The van der Waals surface area contributed by atoms with Crippen molar-refractivity contribution in [2.75, 3.05) is 0 Å². The molecule has 0 fully saturated rings. The Kier molecular flexibility index (Phi) is 2.54. The molecule has 0 aliphatic rings. The Balaban J connectivity index is 2.77. The standard InChI is InChI=1S/C12H14N2O/c1-3-6-11-13-10-8-5-4-7-9(10)12(15)14(11)2/h4-5,7-8H,3,6H2,1-2H3. The molecule has 0 bridgehead atoms. The van der Waals surface area contributed by atoms with Gasteiger partial charge in [-0.1, -0.05) is 19.1 Å². The molecule has 3 heteroatoms. The summed E-state index contributed by atoms with van der Waals surface area (Å²) >= 11 is 0. The third-order valence-corrected chi connectivity index (χ3v) is 2.55. The zero-order valence-electron chi connectivity index (χ0n) is 9.03. The summed E-state index contributed by atoms with van der Waals surface area (Å²) in [6, 6.07) is 7.48. The van der Waals surface area contributed by atoms with Crippen LogP contribution in [-0.2, 0) is 13.5 Å². The van der Waals surface area contributed by atoms with Crippen LogP contribution in [0.15, 0.2) is 29.1 Å². The first kappa shape index (κ1) is 9.90. The molecule has 0 unspecified atom stereocenters. The lowest BCUT2D eigenvalue weighted by atomic mass is 10.2. The third-order valence-electron chi connectivity index (χ3n) is 2.55. The van der Waals surface area contributed by atoms with Crippen molar-refractivity contribution in [1.82, 2.24) is 9.55 Å². The third kappa shape index (κ3) is 1.65. The normalized spacial score (nSPS) is 10.8. The van der Waals surface area contributed by atoms with Gasteiger partial charge in [0.25, 0.3) is 5.56 Å². The van der Waals surface area contributed by atoms with Crippen LogP contribution in [0.25, 0.3) is 10.9 Å². The van der Waals surface area contributed by atoms with Crippen LogP contribution in [0.3, 0.4) is 0 Å². The van der Waals surface area contributed by atoms with Crippen molar-refractivity contribution in [1.29, 1.82) is 0 Å². The minimum Gasteiger partial charge on any atom is -0.299 e. The van der Waals surface area contributed by atoms with Gasteiger partial charge < -0.3 is 0 Å². The van der Waals surface area contributed by atoms with Gasteiger partial charge >= 0.3 is 0 Å². The molecule has 0 atom stereocenters. The van der Waals surface area contributed by atoms with Crippen LogP contribution in [-0.4, -0.2) is 9.55 Å². The topological polar surface area (TPSA) is 34.9 Å². The van der Waals surface area contributed by atoms with Gasteiger partial charge in [-0.2, -0.15) is 0 Å². The second-order valence-electron chi connectivity index (χ2n) is 3.66. The fraction of sp³-hybridized carbons (Fsp3) is 0.333. The molecule has 0 spiro atoms. The first-order valence-electron chi connectivity index (χ1n) is 5.18. The van der Waals surface area contributed by atoms with Crippen molar-refractivity contribution < 1.29 is 0 Å². The van der Waals surface area contributed by atoms with Crippen molar-refractivity contribution in [2.45, 2.75) is 19.8 Å². The second-order valence-corrected chi connectivity index (χ2v) is 3.66. The van der Waals surface area contributed by atoms with E-state index < -0.39 is 0 Å². The summed E-state index contributed by atoms with van der Waals surface area (Å²) in [6.07, 6.45) is 1.84. The van der Waals surface area contributed by atoms with Crippen LogP contribution in [0.4, 0.5) is 0 Å². The van der Waals surface area contributed by atoms with Gasteiger partial charge in [0.05, 0.1) is 10.9 Å². The fourth-order valence-electron chi connectivity index (χ4n) is 1.71. The molecular weight excluding hydrogens is 188 g/mol. The highest BCUT2D eigenvalue weighted by molar-refractivity contribution is 5.77. The van der Waals surface area contributed by atoms with Gasteiger partial charge in [-0.3, -0.25) is 9.36 Å². The van der Waals surface area contributed by atoms with Gasteiger partial charge in [-0.15, -0.1) is 0 Å². The number of benzene rings is 1. The largest absolute Gasteiger partial charge is 0.299 e. The molecule has 1 heterocycles. The number of para-hydroxylation sites is 1. The molecular formula is C12H14N2O. The first-order valence-corrected chi connectivity index (χ1v) is 5.18. The summed E-state index contributed by atoms with van der Waals surface area (Å²) in [7, 11) is 1.78. The van der Waals surface area contributed by atoms with E-state index in [1.165, 1.54) is 0 Å². The average molecular weight is 202 g/mol. The predicted octanol–water partition coefficient (Wildman–Crippen LogP) is 1.89. The number of fused-ring (bicyclic) bond motifs is 1. The molecule has 1 aromatic heterocycles. The molecule has 0 radical (unpaired) electrons. The van der Waals surface area contributed by atoms with Crippen LogP contribution in [0, 0.1) is 0 Å². The Morgan fingerprint density at radius 2 is 2.07 bits per heavy atom. The Hall–Kier alpha value is -1.64. The molecule has 0 aliphatic carbocycles. The number of rotatable bonds is 2. The van der Waals surface area contributed by atoms with Gasteiger partial charge in [0.2, 0.25) is 0 Å². The molecule has 0 N–H and O–H groups in total. The Morgan fingerprint density at radius 1 is 1.33 bits per heavy atom. The van der Waals surface area contributed by atoms with E-state index in [0.29, 0.717) is 5.39 Å². The monoisotopic (exact) mass is 202 g/mol. The van der Waals surface area contributed by atoms with E-state index in [0.717, 1.165) is 24.2 Å². The number of aromatic nitrogens is 2. The van der Waals surface area contributed by atoms with Crippen LogP contribution in [0.2, 0.25) is 0 Å². The Bertz CT molecular complexity index is 543. The van der Waals surface area contributed by atoms with E-state index >= 15 is 0 Å². The van der Waals surface area contributed by atoms with Crippen LogP contribution >= 0.6 is 0 Å². The molecule has 0 aliphatic heterocycles. The Labute approximate surface area is 88.4 Å². The van der Waals surface area contributed by atoms with Gasteiger partial charge in [0, 0.05) is 13.5 Å². The minimum atomic E-state index is 0.0454. The number of aryl methyl sites for hydroxylation is 1. The number of hydrogen-bond donors (Lipinski definition) is 0. The second kappa shape index (κ2) is 3.85. The van der Waals surface area contributed by atoms with Crippen LogP contribution in [0.1, 0.15) is 19.2 Å². The summed E-state index contributed by atoms with van der Waals surface area (Å²) in [5, 5.41) is 0.694. The molecule has 2 rings (SSSR count). The maximum absolute atomic E-state index is 11.9.